The molecule has 28 heavy (non-hydrogen) atoms. The van der Waals surface area contributed by atoms with Gasteiger partial charge in [0.25, 0.3) is 0 Å². The van der Waals surface area contributed by atoms with Crippen LogP contribution in [0.3, 0.4) is 0 Å². The summed E-state index contributed by atoms with van der Waals surface area (Å²) in [6, 6.07) is 5.20. The van der Waals surface area contributed by atoms with Gasteiger partial charge in [0.15, 0.2) is 0 Å². The standard InChI is InChI=1S/C21H33N3O3S/c1-20(2)15-7-8-21(20,3)19(13-15)23-28(25,26)16-5-6-18(27-4)17(14-16)24-11-9-22-10-12-24/h5-6,14-15,19,22-23H,7-13H2,1-4H3. The van der Waals surface area contributed by atoms with Gasteiger partial charge in [-0.05, 0) is 54.2 Å². The minimum atomic E-state index is -3.59. The van der Waals surface area contributed by atoms with Gasteiger partial charge in [-0.15, -0.1) is 0 Å². The van der Waals surface area contributed by atoms with Crippen LogP contribution in [-0.2, 0) is 10.0 Å². The lowest BCUT2D eigenvalue weighted by molar-refractivity contribution is 0.130. The molecule has 2 N–H and O–H groups in total. The topological polar surface area (TPSA) is 70.7 Å². The lowest BCUT2D eigenvalue weighted by Gasteiger charge is -2.39. The predicted molar refractivity (Wildman–Crippen MR) is 111 cm³/mol. The predicted octanol–water partition coefficient (Wildman–Crippen LogP) is 2.60. The number of hydrogen-bond donors (Lipinski definition) is 2. The minimum absolute atomic E-state index is 0.00371. The lowest BCUT2D eigenvalue weighted by atomic mass is 9.69. The van der Waals surface area contributed by atoms with Crippen LogP contribution in [0.1, 0.15) is 40.0 Å². The van der Waals surface area contributed by atoms with Gasteiger partial charge in [-0.25, -0.2) is 13.1 Å². The summed E-state index contributed by atoms with van der Waals surface area (Å²) in [4.78, 5) is 2.52. The van der Waals surface area contributed by atoms with Crippen molar-refractivity contribution in [2.45, 2.75) is 51.0 Å². The van der Waals surface area contributed by atoms with E-state index in [0.717, 1.165) is 44.7 Å². The van der Waals surface area contributed by atoms with Crippen LogP contribution in [0.2, 0.25) is 0 Å². The molecular weight excluding hydrogens is 374 g/mol. The third-order valence-electron chi connectivity index (χ3n) is 8.01. The maximum Gasteiger partial charge on any atom is 0.240 e. The molecule has 3 fully saturated rings. The van der Waals surface area contributed by atoms with Crippen LogP contribution in [-0.4, -0.2) is 47.7 Å². The fourth-order valence-electron chi connectivity index (χ4n) is 5.63. The van der Waals surface area contributed by atoms with E-state index in [-0.39, 0.29) is 16.9 Å². The van der Waals surface area contributed by atoms with Crippen molar-refractivity contribution in [1.29, 1.82) is 0 Å². The van der Waals surface area contributed by atoms with Crippen molar-refractivity contribution in [2.75, 3.05) is 38.2 Å². The highest BCUT2D eigenvalue weighted by atomic mass is 32.2. The summed E-state index contributed by atoms with van der Waals surface area (Å²) in [5.41, 5.74) is 1.04. The van der Waals surface area contributed by atoms with Crippen molar-refractivity contribution in [3.05, 3.63) is 18.2 Å². The smallest absolute Gasteiger partial charge is 0.240 e. The highest BCUT2D eigenvalue weighted by Crippen LogP contribution is 2.65. The third-order valence-corrected chi connectivity index (χ3v) is 9.48. The van der Waals surface area contributed by atoms with Crippen LogP contribution in [0.5, 0.6) is 5.75 Å². The van der Waals surface area contributed by atoms with Crippen LogP contribution in [0.15, 0.2) is 23.1 Å². The minimum Gasteiger partial charge on any atom is -0.495 e. The number of rotatable bonds is 5. The Bertz CT molecular complexity index is 848. The molecule has 0 amide bonds. The largest absolute Gasteiger partial charge is 0.495 e. The van der Waals surface area contributed by atoms with Crippen molar-refractivity contribution < 1.29 is 13.2 Å². The summed E-state index contributed by atoms with van der Waals surface area (Å²) in [7, 11) is -1.96. The van der Waals surface area contributed by atoms with E-state index in [9.17, 15) is 8.42 Å². The normalized spacial score (nSPS) is 31.9. The van der Waals surface area contributed by atoms with Gasteiger partial charge in [0, 0.05) is 32.2 Å². The Balaban J connectivity index is 1.61. The molecule has 1 aliphatic heterocycles. The van der Waals surface area contributed by atoms with Gasteiger partial charge in [-0.3, -0.25) is 0 Å². The van der Waals surface area contributed by atoms with Gasteiger partial charge in [0.05, 0.1) is 17.7 Å². The van der Waals surface area contributed by atoms with Gasteiger partial charge in [0.1, 0.15) is 5.75 Å². The molecule has 6 nitrogen and oxygen atoms in total. The van der Waals surface area contributed by atoms with Crippen molar-refractivity contribution in [3.63, 3.8) is 0 Å². The summed E-state index contributed by atoms with van der Waals surface area (Å²) in [5, 5.41) is 3.33. The van der Waals surface area contributed by atoms with E-state index in [0.29, 0.717) is 16.6 Å². The molecule has 3 aliphatic rings. The molecule has 0 spiro atoms. The zero-order valence-corrected chi connectivity index (χ0v) is 18.2. The maximum absolute atomic E-state index is 13.3. The molecule has 0 aromatic heterocycles. The highest BCUT2D eigenvalue weighted by molar-refractivity contribution is 7.89. The first kappa shape index (κ1) is 20.0. The number of nitrogens with one attached hydrogen (secondary N) is 2. The number of nitrogens with zero attached hydrogens (tertiary/aromatic N) is 1. The van der Waals surface area contributed by atoms with Crippen molar-refractivity contribution >= 4 is 15.7 Å². The van der Waals surface area contributed by atoms with Crippen LogP contribution >= 0.6 is 0 Å². The molecule has 2 saturated carbocycles. The molecule has 1 aromatic rings. The molecule has 4 rings (SSSR count). The first-order valence-electron chi connectivity index (χ1n) is 10.3. The zero-order chi connectivity index (χ0) is 20.2. The average Bonchev–Trinajstić information content (AvgIpc) is 3.01. The maximum atomic E-state index is 13.3. The number of piperazine rings is 1. The summed E-state index contributed by atoms with van der Waals surface area (Å²) >= 11 is 0. The number of hydrogen-bond acceptors (Lipinski definition) is 5. The SMILES string of the molecule is COc1ccc(S(=O)(=O)NC2CC3CCC2(C)C3(C)C)cc1N1CCNCC1. The molecule has 156 valence electrons. The van der Waals surface area contributed by atoms with E-state index in [1.54, 1.807) is 25.3 Å². The molecule has 1 aromatic carbocycles. The molecular formula is C21H33N3O3S. The van der Waals surface area contributed by atoms with E-state index in [2.05, 4.69) is 35.7 Å². The molecule has 0 radical (unpaired) electrons. The summed E-state index contributed by atoms with van der Waals surface area (Å²) < 4.78 is 35.1. The number of sulfonamides is 1. The number of benzene rings is 1. The summed E-state index contributed by atoms with van der Waals surface area (Å²) in [6.45, 7) is 10.3. The molecule has 2 aliphatic carbocycles. The molecule has 1 heterocycles. The van der Waals surface area contributed by atoms with Gasteiger partial charge in [0.2, 0.25) is 10.0 Å². The Morgan fingerprint density at radius 1 is 1.21 bits per heavy atom. The second-order valence-electron chi connectivity index (χ2n) is 9.36. The van der Waals surface area contributed by atoms with E-state index in [4.69, 9.17) is 4.74 Å². The Kier molecular flexibility index (Phi) is 4.91. The Morgan fingerprint density at radius 3 is 2.50 bits per heavy atom. The van der Waals surface area contributed by atoms with E-state index < -0.39 is 10.0 Å². The van der Waals surface area contributed by atoms with Gasteiger partial charge >= 0.3 is 0 Å². The average molecular weight is 408 g/mol. The second kappa shape index (κ2) is 6.89. The van der Waals surface area contributed by atoms with Crippen molar-refractivity contribution in [1.82, 2.24) is 10.0 Å². The molecule has 3 unspecified atom stereocenters. The van der Waals surface area contributed by atoms with Crippen LogP contribution < -0.4 is 19.7 Å². The van der Waals surface area contributed by atoms with Gasteiger partial charge < -0.3 is 15.0 Å². The fraction of sp³-hybridized carbons (Fsp3) is 0.714. The third kappa shape index (κ3) is 3.02. The van der Waals surface area contributed by atoms with Crippen LogP contribution in [0.4, 0.5) is 5.69 Å². The summed E-state index contributed by atoms with van der Waals surface area (Å²) in [5.74, 6) is 1.31. The number of fused-ring (bicyclic) bond motifs is 2. The first-order chi connectivity index (χ1) is 13.2. The van der Waals surface area contributed by atoms with E-state index >= 15 is 0 Å². The lowest BCUT2D eigenvalue weighted by Crippen LogP contribution is -2.46. The Labute approximate surface area is 169 Å². The molecule has 1 saturated heterocycles. The highest BCUT2D eigenvalue weighted by Gasteiger charge is 2.61. The first-order valence-corrected chi connectivity index (χ1v) is 11.8. The van der Waals surface area contributed by atoms with E-state index in [1.807, 2.05) is 0 Å². The number of ether oxygens (including phenoxy) is 1. The van der Waals surface area contributed by atoms with E-state index in [1.165, 1.54) is 6.42 Å². The Hall–Kier alpha value is -1.31. The van der Waals surface area contributed by atoms with Gasteiger partial charge in [-0.2, -0.15) is 0 Å². The number of methoxy groups -OCH3 is 1. The van der Waals surface area contributed by atoms with Crippen LogP contribution in [0.25, 0.3) is 0 Å². The zero-order valence-electron chi connectivity index (χ0n) is 17.4. The summed E-state index contributed by atoms with van der Waals surface area (Å²) in [6.07, 6.45) is 3.23. The Morgan fingerprint density at radius 2 is 1.93 bits per heavy atom. The quantitative estimate of drug-likeness (QED) is 0.785. The fourth-order valence-corrected chi connectivity index (χ4v) is 7.01. The van der Waals surface area contributed by atoms with Crippen molar-refractivity contribution in [3.8, 4) is 5.75 Å². The number of anilines is 1. The molecule has 7 heteroatoms. The molecule has 3 atom stereocenters. The van der Waals surface area contributed by atoms with Gasteiger partial charge in [-0.1, -0.05) is 20.8 Å². The van der Waals surface area contributed by atoms with Crippen molar-refractivity contribution in [2.24, 2.45) is 16.7 Å². The van der Waals surface area contributed by atoms with Crippen LogP contribution in [0, 0.1) is 16.7 Å². The molecule has 2 bridgehead atoms. The monoisotopic (exact) mass is 407 g/mol. The second-order valence-corrected chi connectivity index (χ2v) is 11.1.